The van der Waals surface area contributed by atoms with Crippen LogP contribution in [0, 0.1) is 22.2 Å². The zero-order valence-corrected chi connectivity index (χ0v) is 22.4. The fourth-order valence-electron chi connectivity index (χ4n) is 5.57. The maximum absolute atomic E-state index is 9.55. The maximum Gasteiger partial charge on any atom is 0.0803 e. The molecule has 6 rings (SSSR count). The molecule has 5 aromatic rings. The number of aromatic nitrogens is 1. The first-order valence-electron chi connectivity index (χ1n) is 12.6. The Kier molecular flexibility index (Phi) is 5.18. The van der Waals surface area contributed by atoms with Crippen LogP contribution in [0.15, 0.2) is 76.7 Å². The fraction of sp³-hybridized carbons (Fsp3) is 0.273. The highest BCUT2D eigenvalue weighted by molar-refractivity contribution is 8.00. The first kappa shape index (κ1) is 23.1. The quantitative estimate of drug-likeness (QED) is 0.234. The van der Waals surface area contributed by atoms with Crippen LogP contribution in [0.4, 0.5) is 0 Å². The number of benzene rings is 4. The van der Waals surface area contributed by atoms with E-state index in [4.69, 9.17) is 4.98 Å². The molecular formula is C33H30N2S. The number of nitriles is 1. The predicted molar refractivity (Wildman–Crippen MR) is 153 cm³/mol. The van der Waals surface area contributed by atoms with Gasteiger partial charge >= 0.3 is 0 Å². The summed E-state index contributed by atoms with van der Waals surface area (Å²) in [4.78, 5) is 7.60. The van der Waals surface area contributed by atoms with Crippen molar-refractivity contribution in [3.63, 3.8) is 0 Å². The molecule has 0 amide bonds. The largest absolute Gasteiger partial charge is 0.256 e. The lowest BCUT2D eigenvalue weighted by molar-refractivity contribution is 0.410. The molecular weight excluding hydrogens is 456 g/mol. The standard InChI is InChI=1S/C33H30N2S/c1-32(2,3)18-27-23-9-7-6-8-21(23)15-26-30-29-24(12-13-35-30)25-14-20(17-33(4,5)19-34)10-11-22(25)16-28(29)36-31(26)27/h6-16H,17-18H2,1-5H3. The highest BCUT2D eigenvalue weighted by atomic mass is 32.2. The van der Waals surface area contributed by atoms with Gasteiger partial charge in [0, 0.05) is 26.9 Å². The minimum absolute atomic E-state index is 0.176. The Bertz CT molecular complexity index is 1730. The van der Waals surface area contributed by atoms with Gasteiger partial charge in [0.1, 0.15) is 0 Å². The third-order valence-electron chi connectivity index (χ3n) is 7.12. The van der Waals surface area contributed by atoms with Crippen LogP contribution >= 0.6 is 11.8 Å². The van der Waals surface area contributed by atoms with E-state index in [1.165, 1.54) is 58.8 Å². The summed E-state index contributed by atoms with van der Waals surface area (Å²) >= 11 is 1.91. The van der Waals surface area contributed by atoms with Gasteiger partial charge in [-0.1, -0.05) is 75.0 Å². The van der Waals surface area contributed by atoms with Crippen molar-refractivity contribution in [3.05, 3.63) is 78.0 Å². The van der Waals surface area contributed by atoms with Gasteiger partial charge in [-0.15, -0.1) is 0 Å². The van der Waals surface area contributed by atoms with Gasteiger partial charge in [0.05, 0.1) is 17.2 Å². The molecule has 0 N–H and O–H groups in total. The minimum atomic E-state index is -0.388. The lowest BCUT2D eigenvalue weighted by atomic mass is 9.84. The molecule has 0 radical (unpaired) electrons. The van der Waals surface area contributed by atoms with Crippen molar-refractivity contribution in [2.75, 3.05) is 0 Å². The molecule has 1 aliphatic heterocycles. The molecule has 4 aromatic carbocycles. The van der Waals surface area contributed by atoms with Crippen molar-refractivity contribution in [1.29, 1.82) is 5.26 Å². The van der Waals surface area contributed by atoms with Gasteiger partial charge < -0.3 is 0 Å². The van der Waals surface area contributed by atoms with Crippen molar-refractivity contribution in [2.24, 2.45) is 10.8 Å². The number of hydrogen-bond acceptors (Lipinski definition) is 3. The molecule has 2 heterocycles. The van der Waals surface area contributed by atoms with Gasteiger partial charge in [0.15, 0.2) is 0 Å². The molecule has 178 valence electrons. The normalized spacial score (nSPS) is 13.2. The zero-order valence-electron chi connectivity index (χ0n) is 21.6. The molecule has 0 unspecified atom stereocenters. The second-order valence-electron chi connectivity index (χ2n) is 12.0. The monoisotopic (exact) mass is 486 g/mol. The average molecular weight is 487 g/mol. The smallest absolute Gasteiger partial charge is 0.0803 e. The Hall–Kier alpha value is -3.35. The van der Waals surface area contributed by atoms with Crippen molar-refractivity contribution in [3.8, 4) is 17.3 Å². The highest BCUT2D eigenvalue weighted by Gasteiger charge is 2.27. The zero-order chi connectivity index (χ0) is 25.2. The molecule has 0 saturated heterocycles. The number of nitrogens with zero attached hydrogens (tertiary/aromatic N) is 2. The van der Waals surface area contributed by atoms with E-state index in [2.05, 4.69) is 87.5 Å². The highest BCUT2D eigenvalue weighted by Crippen LogP contribution is 2.52. The van der Waals surface area contributed by atoms with Gasteiger partial charge in [-0.25, -0.2) is 0 Å². The van der Waals surface area contributed by atoms with Crippen LogP contribution < -0.4 is 0 Å². The SMILES string of the molecule is CC(C)(C)Cc1c2c(cc3ccccc13)-c1nccc3c1c(cc1ccc(CC(C)(C)C#N)cc13)S2. The molecule has 0 bridgehead atoms. The Morgan fingerprint density at radius 3 is 2.39 bits per heavy atom. The summed E-state index contributed by atoms with van der Waals surface area (Å²) < 4.78 is 0. The van der Waals surface area contributed by atoms with E-state index in [0.29, 0.717) is 0 Å². The Balaban J connectivity index is 1.64. The first-order chi connectivity index (χ1) is 17.1. The molecule has 0 spiro atoms. The van der Waals surface area contributed by atoms with Crippen LogP contribution in [0.2, 0.25) is 0 Å². The van der Waals surface area contributed by atoms with Crippen molar-refractivity contribution in [2.45, 2.75) is 57.3 Å². The summed E-state index contributed by atoms with van der Waals surface area (Å²) in [5.41, 5.74) is 4.75. The van der Waals surface area contributed by atoms with Gasteiger partial charge in [0.2, 0.25) is 0 Å². The topological polar surface area (TPSA) is 36.7 Å². The van der Waals surface area contributed by atoms with E-state index >= 15 is 0 Å². The Labute approximate surface area is 217 Å². The van der Waals surface area contributed by atoms with Crippen LogP contribution in [0.25, 0.3) is 43.6 Å². The third-order valence-corrected chi connectivity index (χ3v) is 8.33. The van der Waals surface area contributed by atoms with E-state index in [1.807, 2.05) is 31.8 Å². The third kappa shape index (κ3) is 3.85. The lowest BCUT2D eigenvalue weighted by Gasteiger charge is -2.27. The number of pyridine rings is 1. The van der Waals surface area contributed by atoms with Crippen molar-refractivity contribution in [1.82, 2.24) is 4.98 Å². The summed E-state index contributed by atoms with van der Waals surface area (Å²) in [6.07, 6.45) is 3.71. The second-order valence-corrected chi connectivity index (χ2v) is 13.0. The summed E-state index contributed by atoms with van der Waals surface area (Å²) in [6.45, 7) is 11.0. The van der Waals surface area contributed by atoms with Crippen molar-refractivity contribution >= 4 is 44.1 Å². The average Bonchev–Trinajstić information content (AvgIpc) is 2.84. The van der Waals surface area contributed by atoms with Crippen LogP contribution in [-0.4, -0.2) is 4.98 Å². The first-order valence-corrected chi connectivity index (χ1v) is 13.4. The molecule has 0 aliphatic carbocycles. The van der Waals surface area contributed by atoms with E-state index in [9.17, 15) is 5.26 Å². The van der Waals surface area contributed by atoms with Gasteiger partial charge in [-0.2, -0.15) is 5.26 Å². The predicted octanol–water partition coefficient (Wildman–Crippen LogP) is 9.35. The molecule has 2 nitrogen and oxygen atoms in total. The van der Waals surface area contributed by atoms with E-state index < -0.39 is 0 Å². The summed E-state index contributed by atoms with van der Waals surface area (Å²) in [6, 6.07) is 24.7. The van der Waals surface area contributed by atoms with E-state index in [-0.39, 0.29) is 10.8 Å². The van der Waals surface area contributed by atoms with Crippen molar-refractivity contribution < 1.29 is 0 Å². The van der Waals surface area contributed by atoms with Crippen LogP contribution in [0.5, 0.6) is 0 Å². The summed E-state index contributed by atoms with van der Waals surface area (Å²) in [5, 5.41) is 17.1. The minimum Gasteiger partial charge on any atom is -0.256 e. The summed E-state index contributed by atoms with van der Waals surface area (Å²) in [5.74, 6) is 0. The van der Waals surface area contributed by atoms with Gasteiger partial charge in [0.25, 0.3) is 0 Å². The lowest BCUT2D eigenvalue weighted by Crippen LogP contribution is -2.12. The number of rotatable bonds is 3. The molecule has 0 atom stereocenters. The molecule has 3 heteroatoms. The summed E-state index contributed by atoms with van der Waals surface area (Å²) in [7, 11) is 0. The second kappa shape index (κ2) is 8.08. The maximum atomic E-state index is 9.55. The van der Waals surface area contributed by atoms with Crippen LogP contribution in [0.3, 0.4) is 0 Å². The van der Waals surface area contributed by atoms with E-state index in [1.54, 1.807) is 0 Å². The Morgan fingerprint density at radius 2 is 1.61 bits per heavy atom. The van der Waals surface area contributed by atoms with E-state index in [0.717, 1.165) is 18.5 Å². The fourth-order valence-corrected chi connectivity index (χ4v) is 6.85. The molecule has 0 saturated carbocycles. The molecule has 1 aromatic heterocycles. The number of fused-ring (bicyclic) bond motifs is 5. The van der Waals surface area contributed by atoms with Gasteiger partial charge in [-0.3, -0.25) is 4.98 Å². The Morgan fingerprint density at radius 1 is 0.833 bits per heavy atom. The molecule has 36 heavy (non-hydrogen) atoms. The molecule has 0 fully saturated rings. The van der Waals surface area contributed by atoms with Gasteiger partial charge in [-0.05, 0) is 88.4 Å². The van der Waals surface area contributed by atoms with Crippen LogP contribution in [-0.2, 0) is 12.8 Å². The molecule has 1 aliphatic rings. The van der Waals surface area contributed by atoms with Crippen LogP contribution in [0.1, 0.15) is 45.7 Å². The number of hydrogen-bond donors (Lipinski definition) is 0.